The monoisotopic (exact) mass is 441 g/mol. The number of carbonyl (C=O) groups is 1. The van der Waals surface area contributed by atoms with Crippen molar-refractivity contribution in [3.05, 3.63) is 45.5 Å². The number of nitrogens with zero attached hydrogens (tertiary/aromatic N) is 2. The highest BCUT2D eigenvalue weighted by Crippen LogP contribution is 2.40. The summed E-state index contributed by atoms with van der Waals surface area (Å²) in [4.78, 5) is 15.6. The van der Waals surface area contributed by atoms with Crippen LogP contribution in [0.15, 0.2) is 35.0 Å². The normalized spacial score (nSPS) is 10.8. The summed E-state index contributed by atoms with van der Waals surface area (Å²) in [5.41, 5.74) is 1.45. The quantitative estimate of drug-likeness (QED) is 0.521. The van der Waals surface area contributed by atoms with E-state index in [9.17, 15) is 4.79 Å². The fourth-order valence-corrected chi connectivity index (χ4v) is 3.22. The molecule has 0 aliphatic rings. The predicted molar refractivity (Wildman–Crippen MR) is 107 cm³/mol. The molecule has 0 bridgehead atoms. The van der Waals surface area contributed by atoms with Crippen molar-refractivity contribution in [3.8, 4) is 28.5 Å². The molecule has 146 valence electrons. The van der Waals surface area contributed by atoms with E-state index in [0.717, 1.165) is 0 Å². The lowest BCUT2D eigenvalue weighted by molar-refractivity contribution is -0.114. The minimum atomic E-state index is -0.324. The minimum Gasteiger partial charge on any atom is -0.467 e. The van der Waals surface area contributed by atoms with E-state index in [1.54, 1.807) is 24.3 Å². The fourth-order valence-electron chi connectivity index (χ4n) is 2.43. The fraction of sp³-hybridized carbons (Fsp3) is 0.167. The van der Waals surface area contributed by atoms with Gasteiger partial charge in [0.05, 0.1) is 26.3 Å². The lowest BCUT2D eigenvalue weighted by Gasteiger charge is -2.10. The van der Waals surface area contributed by atoms with Gasteiger partial charge in [0, 0.05) is 26.3 Å². The third-order valence-electron chi connectivity index (χ3n) is 3.58. The zero-order valence-electron chi connectivity index (χ0n) is 14.8. The third kappa shape index (κ3) is 4.23. The maximum atomic E-state index is 11.4. The molecule has 0 aliphatic heterocycles. The van der Waals surface area contributed by atoms with Crippen LogP contribution < -0.4 is 10.1 Å². The van der Waals surface area contributed by atoms with Gasteiger partial charge in [0.15, 0.2) is 12.6 Å². The first kappa shape index (κ1) is 20.4. The molecular weight excluding hydrogens is 429 g/mol. The van der Waals surface area contributed by atoms with E-state index >= 15 is 0 Å². The van der Waals surface area contributed by atoms with Crippen LogP contribution in [-0.4, -0.2) is 30.0 Å². The van der Waals surface area contributed by atoms with Crippen molar-refractivity contribution in [2.45, 2.75) is 6.92 Å². The number of benzene rings is 1. The Morgan fingerprint density at radius 2 is 2.04 bits per heavy atom. The molecule has 0 spiro atoms. The van der Waals surface area contributed by atoms with Crippen LogP contribution in [0.4, 0.5) is 5.69 Å². The summed E-state index contributed by atoms with van der Waals surface area (Å²) in [7, 11) is 1.51. The highest BCUT2D eigenvalue weighted by Gasteiger charge is 2.21. The second kappa shape index (κ2) is 8.79. The molecule has 7 nitrogen and oxygen atoms in total. The number of rotatable bonds is 6. The number of nitrogens with one attached hydrogen (secondary N) is 1. The Hall–Kier alpha value is -2.32. The topological polar surface area (TPSA) is 86.5 Å². The SMILES string of the molecule is COCOc1cccc(Cl)c1-c1cc(-c2ncc(Cl)c(NC(C)=O)c2Cl)on1. The van der Waals surface area contributed by atoms with Gasteiger partial charge >= 0.3 is 0 Å². The number of hydrogen-bond donors (Lipinski definition) is 1. The lowest BCUT2D eigenvalue weighted by Crippen LogP contribution is -2.07. The first-order valence-corrected chi connectivity index (χ1v) is 9.05. The Labute approximate surface area is 175 Å². The summed E-state index contributed by atoms with van der Waals surface area (Å²) in [6.07, 6.45) is 1.36. The molecule has 0 saturated heterocycles. The maximum absolute atomic E-state index is 11.4. The largest absolute Gasteiger partial charge is 0.467 e. The molecule has 3 rings (SSSR count). The first-order valence-electron chi connectivity index (χ1n) is 7.91. The highest BCUT2D eigenvalue weighted by molar-refractivity contribution is 6.41. The zero-order chi connectivity index (χ0) is 20.3. The van der Waals surface area contributed by atoms with Crippen molar-refractivity contribution < 1.29 is 18.8 Å². The van der Waals surface area contributed by atoms with E-state index in [1.807, 2.05) is 0 Å². The van der Waals surface area contributed by atoms with E-state index in [4.69, 9.17) is 48.8 Å². The standard InChI is InChI=1S/C18H14Cl3N3O4/c1-9(25)23-17-11(20)7-22-18(16(17)21)14-6-12(24-28-14)15-10(19)4-3-5-13(15)27-8-26-2/h3-7H,8H2,1-2H3,(H,22,23,25). The summed E-state index contributed by atoms with van der Waals surface area (Å²) in [5.74, 6) is 0.416. The van der Waals surface area contributed by atoms with Gasteiger partial charge in [-0.2, -0.15) is 0 Å². The van der Waals surface area contributed by atoms with Crippen molar-refractivity contribution >= 4 is 46.4 Å². The van der Waals surface area contributed by atoms with Crippen LogP contribution in [0.5, 0.6) is 5.75 Å². The number of aromatic nitrogens is 2. The Bertz CT molecular complexity index is 1020. The van der Waals surface area contributed by atoms with Crippen LogP contribution in [0.25, 0.3) is 22.7 Å². The highest BCUT2D eigenvalue weighted by atomic mass is 35.5. The molecule has 0 radical (unpaired) electrons. The second-order valence-electron chi connectivity index (χ2n) is 5.57. The number of halogens is 3. The summed E-state index contributed by atoms with van der Waals surface area (Å²) in [6, 6.07) is 6.79. The molecule has 10 heteroatoms. The molecule has 2 aromatic heterocycles. The van der Waals surface area contributed by atoms with Crippen LogP contribution in [-0.2, 0) is 9.53 Å². The van der Waals surface area contributed by atoms with Gasteiger partial charge < -0.3 is 19.3 Å². The van der Waals surface area contributed by atoms with Crippen molar-refractivity contribution in [2.75, 3.05) is 19.2 Å². The number of carbonyl (C=O) groups excluding carboxylic acids is 1. The maximum Gasteiger partial charge on any atom is 0.221 e. The van der Waals surface area contributed by atoms with E-state index in [1.165, 1.54) is 20.2 Å². The molecule has 1 amide bonds. The third-order valence-corrected chi connectivity index (χ3v) is 4.55. The number of amides is 1. The Balaban J connectivity index is 2.04. The zero-order valence-corrected chi connectivity index (χ0v) is 17.0. The van der Waals surface area contributed by atoms with Gasteiger partial charge in [-0.05, 0) is 12.1 Å². The van der Waals surface area contributed by atoms with E-state index in [-0.39, 0.29) is 39.9 Å². The molecule has 3 aromatic rings. The summed E-state index contributed by atoms with van der Waals surface area (Å²) in [5, 5.41) is 7.36. The Morgan fingerprint density at radius 1 is 1.25 bits per heavy atom. The van der Waals surface area contributed by atoms with Gasteiger partial charge in [-0.1, -0.05) is 46.0 Å². The van der Waals surface area contributed by atoms with Crippen LogP contribution in [0, 0.1) is 0 Å². The lowest BCUT2D eigenvalue weighted by atomic mass is 10.1. The molecule has 0 unspecified atom stereocenters. The van der Waals surface area contributed by atoms with Gasteiger partial charge in [-0.25, -0.2) is 4.98 Å². The van der Waals surface area contributed by atoms with Crippen molar-refractivity contribution in [2.24, 2.45) is 0 Å². The Kier molecular flexibility index (Phi) is 6.41. The summed E-state index contributed by atoms with van der Waals surface area (Å²) in [6.45, 7) is 1.39. The van der Waals surface area contributed by atoms with E-state index < -0.39 is 0 Å². The minimum absolute atomic E-state index is 0.0443. The molecule has 0 atom stereocenters. The van der Waals surface area contributed by atoms with Crippen molar-refractivity contribution in [3.63, 3.8) is 0 Å². The summed E-state index contributed by atoms with van der Waals surface area (Å²) >= 11 is 18.8. The van der Waals surface area contributed by atoms with Gasteiger partial charge in [0.25, 0.3) is 0 Å². The smallest absolute Gasteiger partial charge is 0.221 e. The van der Waals surface area contributed by atoms with Gasteiger partial charge in [-0.3, -0.25) is 4.79 Å². The number of pyridine rings is 1. The number of methoxy groups -OCH3 is 1. The van der Waals surface area contributed by atoms with Crippen molar-refractivity contribution in [1.82, 2.24) is 10.1 Å². The molecule has 1 aromatic carbocycles. The van der Waals surface area contributed by atoms with Crippen LogP contribution >= 0.6 is 34.8 Å². The van der Waals surface area contributed by atoms with Crippen LogP contribution in [0.1, 0.15) is 6.92 Å². The molecule has 2 heterocycles. The molecular formula is C18H14Cl3N3O4. The molecule has 0 saturated carbocycles. The number of anilines is 1. The Morgan fingerprint density at radius 3 is 2.75 bits per heavy atom. The van der Waals surface area contributed by atoms with Crippen LogP contribution in [0.2, 0.25) is 15.1 Å². The number of hydrogen-bond acceptors (Lipinski definition) is 6. The second-order valence-corrected chi connectivity index (χ2v) is 6.76. The predicted octanol–water partition coefficient (Wildman–Crippen LogP) is 5.30. The van der Waals surface area contributed by atoms with Gasteiger partial charge in [0.2, 0.25) is 5.91 Å². The van der Waals surface area contributed by atoms with E-state index in [0.29, 0.717) is 22.0 Å². The first-order chi connectivity index (χ1) is 13.4. The van der Waals surface area contributed by atoms with Gasteiger partial charge in [-0.15, -0.1) is 0 Å². The van der Waals surface area contributed by atoms with Gasteiger partial charge in [0.1, 0.15) is 17.1 Å². The average molecular weight is 443 g/mol. The molecule has 0 fully saturated rings. The van der Waals surface area contributed by atoms with E-state index in [2.05, 4.69) is 15.5 Å². The van der Waals surface area contributed by atoms with Crippen LogP contribution in [0.3, 0.4) is 0 Å². The molecule has 28 heavy (non-hydrogen) atoms. The molecule has 1 N–H and O–H groups in total. The average Bonchev–Trinajstić information content (AvgIpc) is 3.12. The molecule has 0 aliphatic carbocycles. The number of ether oxygens (including phenoxy) is 2. The van der Waals surface area contributed by atoms with Crippen molar-refractivity contribution in [1.29, 1.82) is 0 Å². The summed E-state index contributed by atoms with van der Waals surface area (Å²) < 4.78 is 15.9.